The Labute approximate surface area is 173 Å². The van der Waals surface area contributed by atoms with Crippen LogP contribution in [-0.4, -0.2) is 53.4 Å². The van der Waals surface area contributed by atoms with Gasteiger partial charge in [0.15, 0.2) is 0 Å². The minimum atomic E-state index is -0.462. The molecule has 146 valence electrons. The lowest BCUT2D eigenvalue weighted by Crippen LogP contribution is -2.47. The second-order valence-corrected chi connectivity index (χ2v) is 6.76. The summed E-state index contributed by atoms with van der Waals surface area (Å²) < 4.78 is 2.22. The summed E-state index contributed by atoms with van der Waals surface area (Å²) in [7, 11) is 0. The normalized spacial score (nSPS) is 16.9. The average molecular weight is 408 g/mol. The predicted octanol–water partition coefficient (Wildman–Crippen LogP) is 3.34. The molecule has 2 aromatic carbocycles. The third-order valence-electron chi connectivity index (χ3n) is 5.09. The fourth-order valence-electron chi connectivity index (χ4n) is 3.82. The summed E-state index contributed by atoms with van der Waals surface area (Å²) in [5.74, 6) is 0. The summed E-state index contributed by atoms with van der Waals surface area (Å²) in [6.45, 7) is 4.66. The van der Waals surface area contributed by atoms with Gasteiger partial charge in [-0.2, -0.15) is 0 Å². The lowest BCUT2D eigenvalue weighted by atomic mass is 10.00. The molecule has 6 heteroatoms. The smallest absolute Gasteiger partial charge is 0.0915 e. The van der Waals surface area contributed by atoms with Gasteiger partial charge in [0.05, 0.1) is 12.1 Å². The zero-order valence-electron chi connectivity index (χ0n) is 15.2. The van der Waals surface area contributed by atoms with Crippen LogP contribution in [0.3, 0.4) is 0 Å². The van der Waals surface area contributed by atoms with Crippen molar-refractivity contribution in [2.45, 2.75) is 12.1 Å². The minimum absolute atomic E-state index is 0. The Kier molecular flexibility index (Phi) is 8.14. The third-order valence-corrected chi connectivity index (χ3v) is 5.09. The maximum Gasteiger partial charge on any atom is 0.0915 e. The number of β-amino-alcohol motifs (C(OH)–C–C–N with tert-alkyl or cyclic N) is 1. The van der Waals surface area contributed by atoms with E-state index in [9.17, 15) is 5.11 Å². The van der Waals surface area contributed by atoms with Crippen LogP contribution in [0.4, 0.5) is 0 Å². The zero-order chi connectivity index (χ0) is 17.1. The van der Waals surface area contributed by atoms with Crippen LogP contribution >= 0.6 is 24.8 Å². The van der Waals surface area contributed by atoms with Crippen LogP contribution in [0, 0.1) is 0 Å². The highest BCUT2D eigenvalue weighted by Gasteiger charge is 2.26. The number of piperazine rings is 1. The van der Waals surface area contributed by atoms with Gasteiger partial charge in [0, 0.05) is 44.4 Å². The molecule has 2 heterocycles. The number of para-hydroxylation sites is 1. The van der Waals surface area contributed by atoms with Crippen LogP contribution in [0.2, 0.25) is 0 Å². The summed E-state index contributed by atoms with van der Waals surface area (Å²) in [4.78, 5) is 2.35. The Morgan fingerprint density at radius 1 is 0.889 bits per heavy atom. The van der Waals surface area contributed by atoms with Crippen molar-refractivity contribution < 1.29 is 5.11 Å². The van der Waals surface area contributed by atoms with Gasteiger partial charge in [0.2, 0.25) is 0 Å². The Hall–Kier alpha value is -1.56. The molecule has 0 amide bonds. The van der Waals surface area contributed by atoms with E-state index in [4.69, 9.17) is 0 Å². The monoisotopic (exact) mass is 407 g/mol. The molecule has 1 saturated heterocycles. The standard InChI is InChI=1S/C21H25N3O.2ClH/c25-20(16-23-14-11-22-12-15-23)21(18-7-2-1-3-8-18)24-13-10-17-6-4-5-9-19(17)24;;/h1-10,13,20-22,25H,11-12,14-16H2;2*1H/t20-,21+;;/m1../s1. The number of aromatic nitrogens is 1. The van der Waals surface area contributed by atoms with E-state index in [0.29, 0.717) is 6.54 Å². The van der Waals surface area contributed by atoms with Crippen LogP contribution in [0.15, 0.2) is 66.9 Å². The Bertz CT molecular complexity index is 818. The van der Waals surface area contributed by atoms with Crippen LogP contribution in [-0.2, 0) is 0 Å². The van der Waals surface area contributed by atoms with Crippen LogP contribution in [0.1, 0.15) is 11.6 Å². The third kappa shape index (κ3) is 4.84. The quantitative estimate of drug-likeness (QED) is 0.681. The van der Waals surface area contributed by atoms with E-state index in [1.54, 1.807) is 0 Å². The first-order valence-corrected chi connectivity index (χ1v) is 9.04. The van der Waals surface area contributed by atoms with Gasteiger partial charge in [-0.3, -0.25) is 4.90 Å². The number of fused-ring (bicyclic) bond motifs is 1. The number of nitrogens with zero attached hydrogens (tertiary/aromatic N) is 2. The van der Waals surface area contributed by atoms with E-state index >= 15 is 0 Å². The highest BCUT2D eigenvalue weighted by molar-refractivity contribution is 5.85. The van der Waals surface area contributed by atoms with Crippen molar-refractivity contribution in [1.82, 2.24) is 14.8 Å². The molecule has 0 radical (unpaired) electrons. The molecule has 4 rings (SSSR count). The maximum absolute atomic E-state index is 11.2. The number of aliphatic hydroxyl groups excluding tert-OH is 1. The molecule has 0 aliphatic carbocycles. The molecule has 1 aliphatic rings. The van der Waals surface area contributed by atoms with Gasteiger partial charge in [-0.05, 0) is 23.1 Å². The molecule has 2 N–H and O–H groups in total. The first-order chi connectivity index (χ1) is 12.3. The van der Waals surface area contributed by atoms with E-state index in [0.717, 1.165) is 37.3 Å². The number of halogens is 2. The van der Waals surface area contributed by atoms with Crippen molar-refractivity contribution >= 4 is 35.7 Å². The van der Waals surface area contributed by atoms with Gasteiger partial charge in [0.25, 0.3) is 0 Å². The highest BCUT2D eigenvalue weighted by atomic mass is 35.5. The van der Waals surface area contributed by atoms with E-state index in [2.05, 4.69) is 63.4 Å². The highest BCUT2D eigenvalue weighted by Crippen LogP contribution is 2.28. The number of rotatable bonds is 5. The maximum atomic E-state index is 11.2. The zero-order valence-corrected chi connectivity index (χ0v) is 16.8. The molecule has 0 saturated carbocycles. The lowest BCUT2D eigenvalue weighted by Gasteiger charge is -2.33. The summed E-state index contributed by atoms with van der Waals surface area (Å²) in [5.41, 5.74) is 2.31. The molecule has 0 spiro atoms. The van der Waals surface area contributed by atoms with Gasteiger partial charge < -0.3 is 15.0 Å². The molecule has 2 atom stereocenters. The fourth-order valence-corrected chi connectivity index (χ4v) is 3.82. The average Bonchev–Trinajstić information content (AvgIpc) is 3.08. The first-order valence-electron chi connectivity index (χ1n) is 9.04. The second kappa shape index (κ2) is 10.1. The summed E-state index contributed by atoms with van der Waals surface area (Å²) >= 11 is 0. The SMILES string of the molecule is Cl.Cl.O[C@H](CN1CCNCC1)[C@H](c1ccccc1)n1ccc2ccccc21. The van der Waals surface area contributed by atoms with Crippen molar-refractivity contribution in [1.29, 1.82) is 0 Å². The number of nitrogens with one attached hydrogen (secondary N) is 1. The van der Waals surface area contributed by atoms with Gasteiger partial charge in [-0.15, -0.1) is 24.8 Å². The number of aliphatic hydroxyl groups is 1. The summed E-state index contributed by atoms with van der Waals surface area (Å²) in [6, 6.07) is 20.7. The molecule has 1 fully saturated rings. The van der Waals surface area contributed by atoms with Crippen molar-refractivity contribution in [3.63, 3.8) is 0 Å². The topological polar surface area (TPSA) is 40.4 Å². The Balaban J connectivity index is 0.00000131. The molecular weight excluding hydrogens is 381 g/mol. The number of hydrogen-bond donors (Lipinski definition) is 2. The molecule has 4 nitrogen and oxygen atoms in total. The number of benzene rings is 2. The predicted molar refractivity (Wildman–Crippen MR) is 116 cm³/mol. The van der Waals surface area contributed by atoms with E-state index in [-0.39, 0.29) is 30.9 Å². The van der Waals surface area contributed by atoms with Crippen molar-refractivity contribution in [3.8, 4) is 0 Å². The van der Waals surface area contributed by atoms with Crippen molar-refractivity contribution in [2.24, 2.45) is 0 Å². The second-order valence-electron chi connectivity index (χ2n) is 6.76. The molecule has 1 aliphatic heterocycles. The summed E-state index contributed by atoms with van der Waals surface area (Å²) in [6.07, 6.45) is 1.64. The Morgan fingerprint density at radius 3 is 2.30 bits per heavy atom. The Morgan fingerprint density at radius 2 is 1.56 bits per heavy atom. The van der Waals surface area contributed by atoms with Gasteiger partial charge in [-0.1, -0.05) is 48.5 Å². The van der Waals surface area contributed by atoms with Crippen molar-refractivity contribution in [2.75, 3.05) is 32.7 Å². The minimum Gasteiger partial charge on any atom is -0.389 e. The molecule has 0 bridgehead atoms. The van der Waals surface area contributed by atoms with Crippen LogP contribution < -0.4 is 5.32 Å². The molecular formula is C21H27Cl2N3O. The van der Waals surface area contributed by atoms with E-state index in [1.807, 2.05) is 18.2 Å². The van der Waals surface area contributed by atoms with Crippen molar-refractivity contribution in [3.05, 3.63) is 72.4 Å². The molecule has 1 aromatic heterocycles. The van der Waals surface area contributed by atoms with Crippen LogP contribution in [0.5, 0.6) is 0 Å². The summed E-state index contributed by atoms with van der Waals surface area (Å²) in [5, 5.41) is 15.7. The van der Waals surface area contributed by atoms with Gasteiger partial charge >= 0.3 is 0 Å². The van der Waals surface area contributed by atoms with Crippen LogP contribution in [0.25, 0.3) is 10.9 Å². The van der Waals surface area contributed by atoms with Gasteiger partial charge in [0.1, 0.15) is 0 Å². The molecule has 27 heavy (non-hydrogen) atoms. The number of hydrogen-bond acceptors (Lipinski definition) is 3. The van der Waals surface area contributed by atoms with E-state index in [1.165, 1.54) is 5.39 Å². The fraction of sp³-hybridized carbons (Fsp3) is 0.333. The lowest BCUT2D eigenvalue weighted by molar-refractivity contribution is 0.0766. The van der Waals surface area contributed by atoms with Gasteiger partial charge in [-0.25, -0.2) is 0 Å². The first kappa shape index (κ1) is 21.7. The van der Waals surface area contributed by atoms with E-state index < -0.39 is 6.10 Å². The molecule has 3 aromatic rings. The largest absolute Gasteiger partial charge is 0.389 e. The molecule has 0 unspecified atom stereocenters.